The zero-order valence-electron chi connectivity index (χ0n) is 45.3. The fourth-order valence-electron chi connectivity index (χ4n) is 7.94. The third-order valence-corrected chi connectivity index (χ3v) is 13.9. The molecule has 18 nitrogen and oxygen atoms in total. The maximum atomic E-state index is 13.9. The van der Waals surface area contributed by atoms with Gasteiger partial charge in [-0.15, -0.1) is 0 Å². The molecule has 0 radical (unpaired) electrons. The molecule has 428 valence electrons. The quantitative estimate of drug-likeness (QED) is 0.0387. The first-order valence-corrected chi connectivity index (χ1v) is 26.8. The van der Waals surface area contributed by atoms with Crippen molar-refractivity contribution in [3.8, 4) is 23.0 Å². The molecule has 8 aromatic rings. The smallest absolute Gasteiger partial charge is 0.247 e. The molecule has 4 aromatic carbocycles. The van der Waals surface area contributed by atoms with Gasteiger partial charge in [-0.05, 0) is 70.3 Å². The maximum absolute atomic E-state index is 13.9. The maximum Gasteiger partial charge on any atom is 0.247 e. The van der Waals surface area contributed by atoms with Crippen LogP contribution in [-0.4, -0.2) is 81.3 Å². The largest absolute Gasteiger partial charge is 0.495 e. The van der Waals surface area contributed by atoms with Crippen LogP contribution in [-0.2, 0) is 58.0 Å². The fourth-order valence-corrected chi connectivity index (χ4v) is 9.21. The molecule has 0 saturated carbocycles. The highest BCUT2D eigenvalue weighted by molar-refractivity contribution is 6.66. The van der Waals surface area contributed by atoms with Gasteiger partial charge in [0.15, 0.2) is 0 Å². The van der Waals surface area contributed by atoms with Crippen LogP contribution in [0, 0.1) is 0 Å². The zero-order chi connectivity index (χ0) is 60.0. The van der Waals surface area contributed by atoms with Crippen LogP contribution in [0.25, 0.3) is 0 Å². The van der Waals surface area contributed by atoms with Crippen molar-refractivity contribution in [1.82, 2.24) is 29.9 Å². The molecule has 3 N–H and O–H groups in total. The summed E-state index contributed by atoms with van der Waals surface area (Å²) < 4.78 is 21.4. The van der Waals surface area contributed by atoms with E-state index in [1.165, 1.54) is 52.1 Å². The number of hydrogen-bond acceptors (Lipinski definition) is 15. The number of benzene rings is 4. The van der Waals surface area contributed by atoms with E-state index in [2.05, 4.69) is 48.4 Å². The van der Waals surface area contributed by atoms with E-state index in [4.69, 9.17) is 82.7 Å². The second-order valence-electron chi connectivity index (χ2n) is 17.5. The normalized spacial score (nSPS) is 10.4. The van der Waals surface area contributed by atoms with Crippen LogP contribution < -0.4 is 39.8 Å². The highest BCUT2D eigenvalue weighted by atomic mass is 35.5. The average Bonchev–Trinajstić information content (AvgIpc) is 3.71. The fraction of sp³-hybridized carbons (Fsp3) is 0.167. The molecule has 0 unspecified atom stereocenters. The molecular formula is C60H55Cl5N10O8. The lowest BCUT2D eigenvalue weighted by atomic mass is 10.1. The van der Waals surface area contributed by atoms with Gasteiger partial charge in [-0.2, -0.15) is 0 Å². The number of ether oxygens (including phenoxy) is 4. The number of nitrogens with zero attached hydrogens (tertiary/aromatic N) is 8. The molecule has 0 saturated heterocycles. The van der Waals surface area contributed by atoms with E-state index >= 15 is 0 Å². The van der Waals surface area contributed by atoms with Crippen LogP contribution in [0.5, 0.6) is 23.0 Å². The number of allylic oxidation sites excluding steroid dienone is 1. The van der Waals surface area contributed by atoms with Crippen molar-refractivity contribution in [3.05, 3.63) is 225 Å². The minimum absolute atomic E-state index is 0.115. The topological polar surface area (TPSA) is 227 Å². The summed E-state index contributed by atoms with van der Waals surface area (Å²) in [5.41, 5.74) is 12.9. The van der Waals surface area contributed by atoms with Gasteiger partial charge in [0.2, 0.25) is 23.0 Å². The summed E-state index contributed by atoms with van der Waals surface area (Å²) in [6.07, 6.45) is 12.4. The molecule has 83 heavy (non-hydrogen) atoms. The lowest BCUT2D eigenvalue weighted by molar-refractivity contribution is -0.119. The van der Waals surface area contributed by atoms with Crippen LogP contribution in [0.15, 0.2) is 160 Å². The number of aromatic nitrogens is 6. The van der Waals surface area contributed by atoms with Crippen molar-refractivity contribution in [2.24, 2.45) is 0 Å². The predicted octanol–water partition coefficient (Wildman–Crippen LogP) is 11.8. The Labute approximate surface area is 504 Å². The Morgan fingerprint density at radius 3 is 1.36 bits per heavy atom. The van der Waals surface area contributed by atoms with Crippen molar-refractivity contribution in [1.29, 1.82) is 0 Å². The number of para-hydroxylation sites is 2. The summed E-state index contributed by atoms with van der Waals surface area (Å²) in [7, 11) is 5.91. The van der Waals surface area contributed by atoms with Crippen LogP contribution in [0.4, 0.5) is 23.0 Å². The summed E-state index contributed by atoms with van der Waals surface area (Å²) >= 11 is 30.9. The number of methoxy groups -OCH3 is 4. The Kier molecular flexibility index (Phi) is 24.1. The molecule has 0 bridgehead atoms. The first kappa shape index (κ1) is 63.5. The van der Waals surface area contributed by atoms with E-state index in [0.29, 0.717) is 81.4 Å². The number of hydrogen-bond donors (Lipinski definition) is 2. The number of pyridine rings is 2. The van der Waals surface area contributed by atoms with E-state index in [0.717, 1.165) is 28.3 Å². The summed E-state index contributed by atoms with van der Waals surface area (Å²) in [6, 6.07) is 29.0. The van der Waals surface area contributed by atoms with Gasteiger partial charge in [0.1, 0.15) is 47.3 Å². The van der Waals surface area contributed by atoms with E-state index < -0.39 is 5.24 Å². The molecule has 23 heteroatoms. The standard InChI is InChI=1S/C30H27Cl2N5O4.C27H25Cl2N5O3.C3H3ClO/c1-4-27(38)36-23-10-6-5-9-20(23)12-21-13-26(35-18-34-21)37(17-19-8-7-11-33-16-19)28(39)14-22-29(31)24(40-2)15-25(41-3)30(22)32;1-36-22-13-23(37-2)27(29)20(26(22)28)12-25(35)34(15-17-6-5-9-31-14-17)24-11-19(32-16-33-24)10-18-7-3-4-8-21(18)30;1-2-3(4)5/h4-11,13,15-16,18H,1,12,14,17H2,2-3H3,(H,36,38);3-9,11,13-14,16H,10,12,15,30H2,1-2H3;2H,1H2. The highest BCUT2D eigenvalue weighted by Crippen LogP contribution is 2.42. The zero-order valence-corrected chi connectivity index (χ0v) is 49.1. The molecule has 0 aliphatic heterocycles. The number of halogens is 5. The molecule has 0 spiro atoms. The van der Waals surface area contributed by atoms with Crippen LogP contribution >= 0.6 is 58.0 Å². The molecule has 0 fully saturated rings. The SMILES string of the molecule is C=CC(=O)Cl.C=CC(=O)Nc1ccccc1Cc1cc(N(Cc2cccnc2)C(=O)Cc2c(Cl)c(OC)cc(OC)c2Cl)ncn1.COc1cc(OC)c(Cl)c(CC(=O)N(Cc2cccnc2)c2cc(Cc3ccccc3N)ncn2)c1Cl. The van der Waals surface area contributed by atoms with Crippen LogP contribution in [0.2, 0.25) is 20.1 Å². The predicted molar refractivity (Wildman–Crippen MR) is 324 cm³/mol. The molecule has 0 aliphatic rings. The third kappa shape index (κ3) is 17.7. The van der Waals surface area contributed by atoms with Gasteiger partial charge >= 0.3 is 0 Å². The van der Waals surface area contributed by atoms with E-state index in [-0.39, 0.29) is 63.7 Å². The molecule has 0 aliphatic carbocycles. The lowest BCUT2D eigenvalue weighted by Gasteiger charge is -2.23. The van der Waals surface area contributed by atoms with Crippen molar-refractivity contribution >= 4 is 104 Å². The van der Waals surface area contributed by atoms with Crippen molar-refractivity contribution in [3.63, 3.8) is 0 Å². The van der Waals surface area contributed by atoms with E-state index in [1.54, 1.807) is 66.1 Å². The first-order valence-electron chi connectivity index (χ1n) is 24.9. The van der Waals surface area contributed by atoms with Gasteiger partial charge in [-0.3, -0.25) is 38.9 Å². The monoisotopic (exact) mass is 1220 g/mol. The summed E-state index contributed by atoms with van der Waals surface area (Å²) in [5.74, 6) is 1.25. The second-order valence-corrected chi connectivity index (χ2v) is 19.3. The van der Waals surface area contributed by atoms with Crippen molar-refractivity contribution < 1.29 is 38.1 Å². The number of nitrogens with one attached hydrogen (secondary N) is 1. The molecular weight excluding hydrogens is 1170 g/mol. The summed E-state index contributed by atoms with van der Waals surface area (Å²) in [4.78, 5) is 78.1. The molecule has 8 rings (SSSR count). The third-order valence-electron chi connectivity index (χ3n) is 12.1. The van der Waals surface area contributed by atoms with Crippen LogP contribution in [0.1, 0.15) is 44.8 Å². The number of rotatable bonds is 21. The number of anilines is 4. The molecule has 4 aromatic heterocycles. The van der Waals surface area contributed by atoms with Crippen molar-refractivity contribution in [2.45, 2.75) is 38.8 Å². The second kappa shape index (κ2) is 31.5. The Hall–Kier alpha value is -8.65. The minimum atomic E-state index is -0.509. The Bertz CT molecular complexity index is 3530. The van der Waals surface area contributed by atoms with E-state index in [9.17, 15) is 19.2 Å². The van der Waals surface area contributed by atoms with Gasteiger partial charge in [-0.25, -0.2) is 19.9 Å². The van der Waals surface area contributed by atoms with Gasteiger partial charge < -0.3 is 30.0 Å². The molecule has 3 amide bonds. The Balaban J connectivity index is 0.000000247. The van der Waals surface area contributed by atoms with Gasteiger partial charge in [0, 0.05) is 84.4 Å². The lowest BCUT2D eigenvalue weighted by Crippen LogP contribution is -2.33. The van der Waals surface area contributed by atoms with Gasteiger partial charge in [0.25, 0.3) is 0 Å². The number of amides is 3. The van der Waals surface area contributed by atoms with Gasteiger partial charge in [0.05, 0.1) is 85.8 Å². The summed E-state index contributed by atoms with van der Waals surface area (Å²) in [5, 5.41) is 3.22. The number of nitrogen functional groups attached to an aromatic ring is 1. The van der Waals surface area contributed by atoms with Crippen molar-refractivity contribution in [2.75, 3.05) is 49.3 Å². The van der Waals surface area contributed by atoms with E-state index in [1.807, 2.05) is 60.7 Å². The van der Waals surface area contributed by atoms with Crippen LogP contribution in [0.3, 0.4) is 0 Å². The first-order chi connectivity index (χ1) is 40.0. The highest BCUT2D eigenvalue weighted by Gasteiger charge is 2.27. The summed E-state index contributed by atoms with van der Waals surface area (Å²) in [6.45, 7) is 7.00. The minimum Gasteiger partial charge on any atom is -0.495 e. The Morgan fingerprint density at radius 1 is 0.566 bits per heavy atom. The number of nitrogens with two attached hydrogens (primary N) is 1. The molecule has 4 heterocycles. The average molecular weight is 1220 g/mol. The Morgan fingerprint density at radius 2 is 0.976 bits per heavy atom. The van der Waals surface area contributed by atoms with Gasteiger partial charge in [-0.1, -0.05) is 108 Å². The molecule has 0 atom stereocenters. The number of carbonyl (C=O) groups is 4. The number of carbonyl (C=O) groups excluding carboxylic acids is 4.